The molecule has 0 atom stereocenters. The number of nitrogens with zero attached hydrogens (tertiary/aromatic N) is 3. The summed E-state index contributed by atoms with van der Waals surface area (Å²) in [5.74, 6) is -3.26. The van der Waals surface area contributed by atoms with Crippen molar-refractivity contribution in [2.45, 2.75) is 25.9 Å². The van der Waals surface area contributed by atoms with Crippen molar-refractivity contribution < 1.29 is 37.7 Å². The van der Waals surface area contributed by atoms with Crippen LogP contribution in [-0.4, -0.2) is 43.2 Å². The van der Waals surface area contributed by atoms with Crippen molar-refractivity contribution in [1.29, 1.82) is 0 Å². The molecular weight excluding hydrogens is 401 g/mol. The number of nitrogens with one attached hydrogen (secondary N) is 1. The minimum atomic E-state index is -4.63. The highest BCUT2D eigenvalue weighted by molar-refractivity contribution is 5.98. The first-order valence-electron chi connectivity index (χ1n) is 8.03. The van der Waals surface area contributed by atoms with Crippen LogP contribution in [0, 0.1) is 0 Å². The summed E-state index contributed by atoms with van der Waals surface area (Å²) >= 11 is 0. The number of aliphatic carboxylic acids is 1. The van der Waals surface area contributed by atoms with Crippen molar-refractivity contribution in [3.05, 3.63) is 51.0 Å². The summed E-state index contributed by atoms with van der Waals surface area (Å²) in [6.07, 6.45) is -3.51. The molecule has 0 bridgehead atoms. The number of aromatic nitrogens is 3. The lowest BCUT2D eigenvalue weighted by Gasteiger charge is -2.15. The average molecular weight is 414 g/mol. The number of fused-ring (bicyclic) bond motifs is 1. The van der Waals surface area contributed by atoms with E-state index in [9.17, 15) is 32.7 Å². The second kappa shape index (κ2) is 7.50. The molecule has 10 nitrogen and oxygen atoms in total. The molecule has 0 spiro atoms. The van der Waals surface area contributed by atoms with E-state index in [1.54, 1.807) is 0 Å². The van der Waals surface area contributed by atoms with Crippen molar-refractivity contribution >= 4 is 11.9 Å². The van der Waals surface area contributed by atoms with Gasteiger partial charge < -0.3 is 24.8 Å². The minimum Gasteiger partial charge on any atom is -0.506 e. The molecule has 0 aliphatic carbocycles. The lowest BCUT2D eigenvalue weighted by Crippen LogP contribution is -2.37. The number of amides is 1. The lowest BCUT2D eigenvalue weighted by molar-refractivity contribution is -0.138. The van der Waals surface area contributed by atoms with Crippen molar-refractivity contribution in [2.75, 3.05) is 6.54 Å². The van der Waals surface area contributed by atoms with Gasteiger partial charge in [0.1, 0.15) is 23.7 Å². The van der Waals surface area contributed by atoms with Gasteiger partial charge in [-0.05, 0) is 0 Å². The first-order chi connectivity index (χ1) is 13.6. The molecule has 0 saturated carbocycles. The molecule has 0 aromatic carbocycles. The van der Waals surface area contributed by atoms with E-state index in [2.05, 4.69) is 9.97 Å². The Hall–Kier alpha value is -3.48. The molecule has 3 rings (SSSR count). The standard InChI is InChI=1S/C16H13F3N4O6/c17-16(18,19)7-1-20-10(21-2-7)4-23-9-6-29-5-8(9)13(26)12(15(23)28)14(27)22-3-11(24)25/h1-2,26H,3-6H2,(H,22,27)(H,24,25). The van der Waals surface area contributed by atoms with Crippen molar-refractivity contribution in [2.24, 2.45) is 0 Å². The van der Waals surface area contributed by atoms with Gasteiger partial charge in [-0.3, -0.25) is 14.4 Å². The van der Waals surface area contributed by atoms with Gasteiger partial charge in [0, 0.05) is 18.0 Å². The molecule has 2 aromatic heterocycles. The molecule has 2 aromatic rings. The Morgan fingerprint density at radius 1 is 1.24 bits per heavy atom. The largest absolute Gasteiger partial charge is 0.506 e. The quantitative estimate of drug-likeness (QED) is 0.632. The summed E-state index contributed by atoms with van der Waals surface area (Å²) in [6.45, 7) is -1.38. The third-order valence-electron chi connectivity index (χ3n) is 4.10. The zero-order valence-corrected chi connectivity index (χ0v) is 14.5. The molecule has 154 valence electrons. The maximum absolute atomic E-state index is 12.8. The number of carbonyl (C=O) groups is 2. The van der Waals surface area contributed by atoms with Gasteiger partial charge in [0.15, 0.2) is 0 Å². The summed E-state index contributed by atoms with van der Waals surface area (Å²) in [4.78, 5) is 42.8. The summed E-state index contributed by atoms with van der Waals surface area (Å²) in [5, 5.41) is 20.9. The summed E-state index contributed by atoms with van der Waals surface area (Å²) in [6, 6.07) is 0. The van der Waals surface area contributed by atoms with Crippen LogP contribution in [0.25, 0.3) is 0 Å². The van der Waals surface area contributed by atoms with E-state index in [0.29, 0.717) is 12.4 Å². The molecule has 3 heterocycles. The molecule has 13 heteroatoms. The van der Waals surface area contributed by atoms with E-state index in [0.717, 1.165) is 4.57 Å². The number of carboxylic acids is 1. The van der Waals surface area contributed by atoms with Crippen LogP contribution in [0.4, 0.5) is 13.2 Å². The van der Waals surface area contributed by atoms with Gasteiger partial charge in [-0.25, -0.2) is 9.97 Å². The fourth-order valence-corrected chi connectivity index (χ4v) is 2.72. The number of carbonyl (C=O) groups excluding carboxylic acids is 1. The fourth-order valence-electron chi connectivity index (χ4n) is 2.72. The molecule has 0 saturated heterocycles. The van der Waals surface area contributed by atoms with E-state index in [1.165, 1.54) is 0 Å². The molecule has 1 aliphatic rings. The maximum Gasteiger partial charge on any atom is 0.419 e. The van der Waals surface area contributed by atoms with Gasteiger partial charge in [0.05, 0.1) is 31.0 Å². The van der Waals surface area contributed by atoms with Crippen molar-refractivity contribution in [3.8, 4) is 5.75 Å². The zero-order valence-electron chi connectivity index (χ0n) is 14.5. The predicted octanol–water partition coefficient (Wildman–Crippen LogP) is 0.256. The van der Waals surface area contributed by atoms with Crippen LogP contribution in [0.5, 0.6) is 5.75 Å². The van der Waals surface area contributed by atoms with Gasteiger partial charge >= 0.3 is 12.1 Å². The topological polar surface area (TPSA) is 144 Å². The van der Waals surface area contributed by atoms with Gasteiger partial charge in [-0.2, -0.15) is 13.2 Å². The molecule has 0 radical (unpaired) electrons. The number of ether oxygens (including phenoxy) is 1. The van der Waals surface area contributed by atoms with E-state index >= 15 is 0 Å². The molecule has 29 heavy (non-hydrogen) atoms. The highest BCUT2D eigenvalue weighted by atomic mass is 19.4. The molecule has 0 fully saturated rings. The van der Waals surface area contributed by atoms with Crippen LogP contribution in [0.15, 0.2) is 17.2 Å². The van der Waals surface area contributed by atoms with Crippen LogP contribution in [-0.2, 0) is 35.5 Å². The van der Waals surface area contributed by atoms with Crippen LogP contribution in [0.2, 0.25) is 0 Å². The maximum atomic E-state index is 12.8. The summed E-state index contributed by atoms with van der Waals surface area (Å²) < 4.78 is 44.1. The van der Waals surface area contributed by atoms with Crippen LogP contribution < -0.4 is 10.9 Å². The molecule has 1 aliphatic heterocycles. The Bertz CT molecular complexity index is 1030. The van der Waals surface area contributed by atoms with Crippen molar-refractivity contribution in [1.82, 2.24) is 19.9 Å². The fraction of sp³-hybridized carbons (Fsp3) is 0.312. The van der Waals surface area contributed by atoms with Crippen LogP contribution in [0.1, 0.15) is 33.0 Å². The smallest absolute Gasteiger partial charge is 0.419 e. The molecule has 3 N–H and O–H groups in total. The van der Waals surface area contributed by atoms with Gasteiger partial charge in [-0.1, -0.05) is 0 Å². The predicted molar refractivity (Wildman–Crippen MR) is 87.0 cm³/mol. The number of pyridine rings is 1. The summed E-state index contributed by atoms with van der Waals surface area (Å²) in [5.41, 5.74) is -2.41. The van der Waals surface area contributed by atoms with E-state index in [-0.39, 0.29) is 36.8 Å². The number of carboxylic acid groups (broad SMARTS) is 1. The SMILES string of the molecule is O=C(O)CNC(=O)c1c(O)c2c(n(Cc3ncc(C(F)(F)F)cn3)c1=O)COC2. The number of rotatable bonds is 5. The Kier molecular flexibility index (Phi) is 5.24. The average Bonchev–Trinajstić information content (AvgIpc) is 3.13. The number of aromatic hydroxyl groups is 1. The number of hydrogen-bond acceptors (Lipinski definition) is 7. The third kappa shape index (κ3) is 4.03. The zero-order chi connectivity index (χ0) is 21.3. The van der Waals surface area contributed by atoms with Crippen LogP contribution in [0.3, 0.4) is 0 Å². The second-order valence-corrected chi connectivity index (χ2v) is 6.00. The van der Waals surface area contributed by atoms with Gasteiger partial charge in [0.25, 0.3) is 11.5 Å². The van der Waals surface area contributed by atoms with Gasteiger partial charge in [0.2, 0.25) is 0 Å². The minimum absolute atomic E-state index is 0.0875. The monoisotopic (exact) mass is 414 g/mol. The highest BCUT2D eigenvalue weighted by Gasteiger charge is 2.32. The van der Waals surface area contributed by atoms with E-state index in [1.807, 2.05) is 5.32 Å². The van der Waals surface area contributed by atoms with Crippen LogP contribution >= 0.6 is 0 Å². The molecule has 1 amide bonds. The summed E-state index contributed by atoms with van der Waals surface area (Å²) in [7, 11) is 0. The number of halogens is 3. The number of alkyl halides is 3. The van der Waals surface area contributed by atoms with E-state index in [4.69, 9.17) is 9.84 Å². The second-order valence-electron chi connectivity index (χ2n) is 6.00. The molecule has 0 unspecified atom stereocenters. The lowest BCUT2D eigenvalue weighted by atomic mass is 10.1. The Morgan fingerprint density at radius 3 is 2.48 bits per heavy atom. The number of hydrogen-bond donors (Lipinski definition) is 3. The Labute approximate surface area is 159 Å². The van der Waals surface area contributed by atoms with Gasteiger partial charge in [-0.15, -0.1) is 0 Å². The van der Waals surface area contributed by atoms with Crippen molar-refractivity contribution in [3.63, 3.8) is 0 Å². The first kappa shape index (κ1) is 20.3. The third-order valence-corrected chi connectivity index (χ3v) is 4.10. The molecular formula is C16H13F3N4O6. The Morgan fingerprint density at radius 2 is 1.90 bits per heavy atom. The van der Waals surface area contributed by atoms with E-state index < -0.39 is 47.0 Å². The highest BCUT2D eigenvalue weighted by Crippen LogP contribution is 2.30. The Balaban J connectivity index is 2.02. The first-order valence-corrected chi connectivity index (χ1v) is 8.03. The normalized spacial score (nSPS) is 13.2.